The first kappa shape index (κ1) is 14.6. The molecule has 0 bridgehead atoms. The van der Waals surface area contributed by atoms with Crippen LogP contribution in [-0.4, -0.2) is 30.5 Å². The van der Waals surface area contributed by atoms with E-state index in [1.165, 1.54) is 10.5 Å². The fourth-order valence-corrected chi connectivity index (χ4v) is 4.17. The average molecular weight is 312 g/mol. The number of hydrogen-bond donors (Lipinski definition) is 1. The number of aromatic nitrogens is 2. The summed E-state index contributed by atoms with van der Waals surface area (Å²) in [6, 6.07) is 6.24. The molecular formula is C12H16N4S3. The fourth-order valence-electron chi connectivity index (χ4n) is 1.55. The van der Waals surface area contributed by atoms with Gasteiger partial charge in [-0.3, -0.25) is 0 Å². The van der Waals surface area contributed by atoms with Crippen LogP contribution in [0, 0.1) is 0 Å². The first-order chi connectivity index (χ1) is 9.15. The maximum absolute atomic E-state index is 5.87. The van der Waals surface area contributed by atoms with E-state index in [-0.39, 0.29) is 0 Å². The van der Waals surface area contributed by atoms with Gasteiger partial charge in [0.15, 0.2) is 4.34 Å². The van der Waals surface area contributed by atoms with Crippen molar-refractivity contribution in [3.63, 3.8) is 0 Å². The van der Waals surface area contributed by atoms with Gasteiger partial charge in [-0.1, -0.05) is 29.2 Å². The molecule has 0 radical (unpaired) electrons. The standard InChI is InChI=1S/C12H16N4S3/c1-16(2)11-14-15-12(19-11)18-10-6-4-5-9(17-3)8(10)7-13/h4-6H,7,13H2,1-3H3. The molecule has 0 spiro atoms. The summed E-state index contributed by atoms with van der Waals surface area (Å²) in [7, 11) is 3.93. The Morgan fingerprint density at radius 1 is 1.26 bits per heavy atom. The summed E-state index contributed by atoms with van der Waals surface area (Å²) < 4.78 is 0.941. The third-order valence-corrected chi connectivity index (χ3v) is 5.56. The summed E-state index contributed by atoms with van der Waals surface area (Å²) in [6.07, 6.45) is 2.07. The van der Waals surface area contributed by atoms with Crippen LogP contribution < -0.4 is 10.6 Å². The van der Waals surface area contributed by atoms with Gasteiger partial charge in [0, 0.05) is 30.4 Å². The predicted octanol–water partition coefficient (Wildman–Crippen LogP) is 2.94. The van der Waals surface area contributed by atoms with Gasteiger partial charge in [0.05, 0.1) is 0 Å². The largest absolute Gasteiger partial charge is 0.353 e. The van der Waals surface area contributed by atoms with Crippen LogP contribution in [0.4, 0.5) is 5.13 Å². The van der Waals surface area contributed by atoms with Gasteiger partial charge in [0.25, 0.3) is 0 Å². The van der Waals surface area contributed by atoms with Crippen LogP contribution in [0.3, 0.4) is 0 Å². The second-order valence-corrected chi connectivity index (χ2v) is 7.08. The Kier molecular flexibility index (Phi) is 5.09. The Bertz CT molecular complexity index is 554. The van der Waals surface area contributed by atoms with Crippen molar-refractivity contribution in [1.82, 2.24) is 10.2 Å². The van der Waals surface area contributed by atoms with E-state index in [4.69, 9.17) is 5.73 Å². The average Bonchev–Trinajstić information content (AvgIpc) is 2.87. The Morgan fingerprint density at radius 2 is 2.00 bits per heavy atom. The normalized spacial score (nSPS) is 10.7. The lowest BCUT2D eigenvalue weighted by Crippen LogP contribution is -2.07. The second-order valence-electron chi connectivity index (χ2n) is 3.99. The summed E-state index contributed by atoms with van der Waals surface area (Å²) in [4.78, 5) is 4.35. The van der Waals surface area contributed by atoms with E-state index >= 15 is 0 Å². The number of nitrogens with zero attached hydrogens (tertiary/aromatic N) is 3. The highest BCUT2D eigenvalue weighted by molar-refractivity contribution is 8.01. The molecule has 0 aliphatic heterocycles. The molecule has 19 heavy (non-hydrogen) atoms. The van der Waals surface area contributed by atoms with E-state index in [2.05, 4.69) is 34.7 Å². The summed E-state index contributed by atoms with van der Waals surface area (Å²) in [6.45, 7) is 0.540. The van der Waals surface area contributed by atoms with Crippen LogP contribution in [0.2, 0.25) is 0 Å². The molecular weight excluding hydrogens is 296 g/mol. The molecule has 0 atom stereocenters. The minimum atomic E-state index is 0.540. The lowest BCUT2D eigenvalue weighted by Gasteiger charge is -2.09. The molecule has 1 aromatic heterocycles. The maximum atomic E-state index is 5.87. The topological polar surface area (TPSA) is 55.0 Å². The molecule has 2 rings (SSSR count). The van der Waals surface area contributed by atoms with Crippen LogP contribution in [0.5, 0.6) is 0 Å². The van der Waals surface area contributed by atoms with Gasteiger partial charge in [-0.15, -0.1) is 22.0 Å². The minimum Gasteiger partial charge on any atom is -0.353 e. The van der Waals surface area contributed by atoms with Crippen LogP contribution in [0.1, 0.15) is 5.56 Å². The van der Waals surface area contributed by atoms with E-state index in [0.717, 1.165) is 14.4 Å². The number of benzene rings is 1. The zero-order valence-corrected chi connectivity index (χ0v) is 13.5. The Balaban J connectivity index is 2.27. The third-order valence-electron chi connectivity index (χ3n) is 2.49. The van der Waals surface area contributed by atoms with Crippen LogP contribution in [0.25, 0.3) is 0 Å². The summed E-state index contributed by atoms with van der Waals surface area (Å²) in [5, 5.41) is 9.27. The molecule has 0 fully saturated rings. The van der Waals surface area contributed by atoms with Crippen LogP contribution >= 0.6 is 34.9 Å². The Labute approximate surface area is 125 Å². The molecule has 1 aromatic carbocycles. The molecule has 2 aromatic rings. The molecule has 0 saturated carbocycles. The van der Waals surface area contributed by atoms with E-state index in [9.17, 15) is 0 Å². The molecule has 7 heteroatoms. The smallest absolute Gasteiger partial charge is 0.208 e. The number of rotatable bonds is 5. The van der Waals surface area contributed by atoms with Crippen molar-refractivity contribution in [2.45, 2.75) is 20.7 Å². The van der Waals surface area contributed by atoms with Crippen molar-refractivity contribution in [2.75, 3.05) is 25.3 Å². The van der Waals surface area contributed by atoms with Gasteiger partial charge in [-0.25, -0.2) is 0 Å². The van der Waals surface area contributed by atoms with Crippen molar-refractivity contribution in [2.24, 2.45) is 5.73 Å². The van der Waals surface area contributed by atoms with E-state index < -0.39 is 0 Å². The molecule has 102 valence electrons. The monoisotopic (exact) mass is 312 g/mol. The van der Waals surface area contributed by atoms with Gasteiger partial charge in [0.1, 0.15) is 0 Å². The Hall–Kier alpha value is -0.760. The molecule has 0 amide bonds. The predicted molar refractivity (Wildman–Crippen MR) is 84.5 cm³/mol. The van der Waals surface area contributed by atoms with E-state index in [0.29, 0.717) is 6.54 Å². The molecule has 1 heterocycles. The summed E-state index contributed by atoms with van der Waals surface area (Å²) >= 11 is 4.94. The maximum Gasteiger partial charge on any atom is 0.208 e. The van der Waals surface area contributed by atoms with Crippen molar-refractivity contribution < 1.29 is 0 Å². The highest BCUT2D eigenvalue weighted by Gasteiger charge is 2.11. The fraction of sp³-hybridized carbons (Fsp3) is 0.333. The van der Waals surface area contributed by atoms with Crippen molar-refractivity contribution >= 4 is 40.0 Å². The molecule has 0 saturated heterocycles. The third kappa shape index (κ3) is 3.42. The first-order valence-electron chi connectivity index (χ1n) is 5.70. The highest BCUT2D eigenvalue weighted by Crippen LogP contribution is 2.37. The number of nitrogens with two attached hydrogens (primary N) is 1. The van der Waals surface area contributed by atoms with Crippen molar-refractivity contribution in [1.29, 1.82) is 0 Å². The first-order valence-corrected chi connectivity index (χ1v) is 8.56. The van der Waals surface area contributed by atoms with Gasteiger partial charge in [0.2, 0.25) is 5.13 Å². The van der Waals surface area contributed by atoms with Crippen molar-refractivity contribution in [3.8, 4) is 0 Å². The van der Waals surface area contributed by atoms with Crippen LogP contribution in [0.15, 0.2) is 32.3 Å². The number of thioether (sulfide) groups is 1. The van der Waals surface area contributed by atoms with Gasteiger partial charge < -0.3 is 10.6 Å². The zero-order chi connectivity index (χ0) is 13.8. The SMILES string of the molecule is CSc1cccc(Sc2nnc(N(C)C)s2)c1CN. The van der Waals surface area contributed by atoms with E-state index in [1.807, 2.05) is 19.0 Å². The van der Waals surface area contributed by atoms with Gasteiger partial charge in [-0.2, -0.15) is 0 Å². The molecule has 0 unspecified atom stereocenters. The molecule has 2 N–H and O–H groups in total. The highest BCUT2D eigenvalue weighted by atomic mass is 32.2. The quantitative estimate of drug-likeness (QED) is 0.857. The summed E-state index contributed by atoms with van der Waals surface area (Å²) in [5.41, 5.74) is 7.05. The molecule has 0 aliphatic carbocycles. The van der Waals surface area contributed by atoms with Gasteiger partial charge >= 0.3 is 0 Å². The van der Waals surface area contributed by atoms with Crippen molar-refractivity contribution in [3.05, 3.63) is 23.8 Å². The van der Waals surface area contributed by atoms with Gasteiger partial charge in [-0.05, 0) is 24.0 Å². The molecule has 4 nitrogen and oxygen atoms in total. The number of anilines is 1. The summed E-state index contributed by atoms with van der Waals surface area (Å²) in [5.74, 6) is 0. The molecule has 0 aliphatic rings. The van der Waals surface area contributed by atoms with Crippen LogP contribution in [-0.2, 0) is 6.54 Å². The Morgan fingerprint density at radius 3 is 2.58 bits per heavy atom. The number of hydrogen-bond acceptors (Lipinski definition) is 7. The van der Waals surface area contributed by atoms with E-state index in [1.54, 1.807) is 34.9 Å². The second kappa shape index (κ2) is 6.60. The minimum absolute atomic E-state index is 0.540. The lowest BCUT2D eigenvalue weighted by molar-refractivity contribution is 0.963. The zero-order valence-electron chi connectivity index (χ0n) is 11.1. The lowest BCUT2D eigenvalue weighted by atomic mass is 10.2.